The monoisotopic (exact) mass is 483 g/mol. The van der Waals surface area contributed by atoms with Crippen molar-refractivity contribution in [2.45, 2.75) is 63.4 Å². The lowest BCUT2D eigenvalue weighted by Crippen LogP contribution is -2.50. The van der Waals surface area contributed by atoms with Gasteiger partial charge in [-0.15, -0.1) is 0 Å². The van der Waals surface area contributed by atoms with Crippen LogP contribution < -0.4 is 0 Å². The van der Waals surface area contributed by atoms with E-state index in [1.54, 1.807) is 12.3 Å². The molecule has 1 fully saturated rings. The molecule has 5 rings (SSSR count). The fourth-order valence-corrected chi connectivity index (χ4v) is 6.15. The molecule has 3 atom stereocenters. The molecular formula is C31H33NO4. The number of hydrogen-bond donors (Lipinski definition) is 1. The van der Waals surface area contributed by atoms with Gasteiger partial charge in [0.2, 0.25) is 0 Å². The molecule has 186 valence electrons. The highest BCUT2D eigenvalue weighted by Gasteiger charge is 2.52. The van der Waals surface area contributed by atoms with Crippen LogP contribution in [0, 0.1) is 12.8 Å². The molecule has 1 aliphatic heterocycles. The van der Waals surface area contributed by atoms with Crippen molar-refractivity contribution in [3.63, 3.8) is 0 Å². The number of esters is 1. The molecule has 1 N–H and O–H groups in total. The van der Waals surface area contributed by atoms with Crippen molar-refractivity contribution in [2.75, 3.05) is 6.61 Å². The van der Waals surface area contributed by atoms with Crippen molar-refractivity contribution in [2.24, 2.45) is 5.92 Å². The first-order valence-electron chi connectivity index (χ1n) is 12.9. The number of aryl methyl sites for hydroxylation is 1. The molecule has 0 unspecified atom stereocenters. The van der Waals surface area contributed by atoms with Gasteiger partial charge in [-0.1, -0.05) is 55.5 Å². The first-order valence-corrected chi connectivity index (χ1v) is 12.9. The third-order valence-corrected chi connectivity index (χ3v) is 8.45. The minimum Gasteiger partial charge on any atom is -0.462 e. The van der Waals surface area contributed by atoms with E-state index in [2.05, 4.69) is 17.1 Å². The van der Waals surface area contributed by atoms with Crippen LogP contribution in [-0.4, -0.2) is 34.1 Å². The minimum atomic E-state index is -0.751. The molecule has 1 aliphatic carbocycles. The van der Waals surface area contributed by atoms with Crippen LogP contribution in [0.4, 0.5) is 0 Å². The molecule has 0 saturated heterocycles. The van der Waals surface area contributed by atoms with Gasteiger partial charge in [0.05, 0.1) is 17.8 Å². The summed E-state index contributed by atoms with van der Waals surface area (Å²) in [4.78, 5) is 30.8. The van der Waals surface area contributed by atoms with E-state index in [0.717, 1.165) is 29.7 Å². The predicted octanol–water partition coefficient (Wildman–Crippen LogP) is 5.41. The normalized spacial score (nSPS) is 25.3. The van der Waals surface area contributed by atoms with Crippen LogP contribution in [0.15, 0.2) is 66.9 Å². The lowest BCUT2D eigenvalue weighted by molar-refractivity contribution is -0.0612. The Morgan fingerprint density at radius 3 is 2.67 bits per heavy atom. The number of rotatable bonds is 6. The van der Waals surface area contributed by atoms with Crippen LogP contribution in [0.25, 0.3) is 0 Å². The van der Waals surface area contributed by atoms with Crippen molar-refractivity contribution in [1.29, 1.82) is 0 Å². The quantitative estimate of drug-likeness (QED) is 0.375. The zero-order valence-corrected chi connectivity index (χ0v) is 21.0. The van der Waals surface area contributed by atoms with E-state index >= 15 is 0 Å². The Balaban J connectivity index is 1.57. The summed E-state index contributed by atoms with van der Waals surface area (Å²) in [6.07, 6.45) is 5.38. The van der Waals surface area contributed by atoms with Crippen LogP contribution >= 0.6 is 0 Å². The molecule has 1 aromatic heterocycles. The topological polar surface area (TPSA) is 76.5 Å². The predicted molar refractivity (Wildman–Crippen MR) is 138 cm³/mol. The number of ketones is 1. The Hall–Kier alpha value is -3.31. The molecule has 0 amide bonds. The van der Waals surface area contributed by atoms with Gasteiger partial charge in [-0.25, -0.2) is 4.79 Å². The number of aromatic nitrogens is 1. The number of pyridine rings is 1. The fraction of sp³-hybridized carbons (Fsp3) is 0.387. The average molecular weight is 484 g/mol. The molecule has 2 aromatic carbocycles. The maximum absolute atomic E-state index is 13.3. The van der Waals surface area contributed by atoms with E-state index in [1.165, 1.54) is 5.56 Å². The maximum atomic E-state index is 13.3. The Labute approximate surface area is 212 Å². The van der Waals surface area contributed by atoms with Gasteiger partial charge >= 0.3 is 5.97 Å². The first kappa shape index (κ1) is 24.4. The molecular weight excluding hydrogens is 450 g/mol. The highest BCUT2D eigenvalue weighted by molar-refractivity contribution is 6.01. The number of ether oxygens (including phenoxy) is 1. The Morgan fingerprint density at radius 2 is 1.92 bits per heavy atom. The van der Waals surface area contributed by atoms with Gasteiger partial charge in [-0.05, 0) is 67.9 Å². The maximum Gasteiger partial charge on any atom is 0.338 e. The molecule has 0 spiro atoms. The van der Waals surface area contributed by atoms with E-state index in [9.17, 15) is 14.7 Å². The van der Waals surface area contributed by atoms with Crippen LogP contribution in [0.5, 0.6) is 0 Å². The van der Waals surface area contributed by atoms with E-state index in [0.29, 0.717) is 30.4 Å². The number of hydrogen-bond acceptors (Lipinski definition) is 5. The summed E-state index contributed by atoms with van der Waals surface area (Å²) in [7, 11) is 0. The van der Waals surface area contributed by atoms with Crippen molar-refractivity contribution < 1.29 is 19.4 Å². The standard InChI is InChI=1S/C31H33NO4/c1-3-30(35)13-14-31(18-22-8-5-4-6-9-22)25(19-30)20-36-29(34)26-16-24(11-12-27(26)31)28(33)17-23-10-7-15-32-21(23)2/h4-12,15-16,25,35H,3,13-14,17-20H2,1-2H3/t25-,30-,31+/m1/s1. The lowest BCUT2D eigenvalue weighted by atomic mass is 9.56. The summed E-state index contributed by atoms with van der Waals surface area (Å²) >= 11 is 0. The Morgan fingerprint density at radius 1 is 1.11 bits per heavy atom. The second-order valence-corrected chi connectivity index (χ2v) is 10.5. The molecule has 36 heavy (non-hydrogen) atoms. The molecule has 2 aliphatic rings. The Kier molecular flexibility index (Phi) is 6.52. The van der Waals surface area contributed by atoms with Crippen molar-refractivity contribution in [3.05, 3.63) is 100 Å². The van der Waals surface area contributed by atoms with Gasteiger partial charge in [0.1, 0.15) is 0 Å². The zero-order chi connectivity index (χ0) is 25.3. The van der Waals surface area contributed by atoms with Crippen LogP contribution in [0.2, 0.25) is 0 Å². The van der Waals surface area contributed by atoms with Crippen LogP contribution in [-0.2, 0) is 23.0 Å². The fourth-order valence-electron chi connectivity index (χ4n) is 6.15. The molecule has 1 saturated carbocycles. The molecule has 5 heteroatoms. The zero-order valence-electron chi connectivity index (χ0n) is 21.0. The van der Waals surface area contributed by atoms with E-state index in [4.69, 9.17) is 4.74 Å². The largest absolute Gasteiger partial charge is 0.462 e. The number of fused-ring (bicyclic) bond motifs is 3. The number of carbonyl (C=O) groups excluding carboxylic acids is 2. The van der Waals surface area contributed by atoms with Crippen molar-refractivity contribution >= 4 is 11.8 Å². The smallest absolute Gasteiger partial charge is 0.338 e. The summed E-state index contributed by atoms with van der Waals surface area (Å²) in [5.74, 6) is -0.455. The summed E-state index contributed by atoms with van der Waals surface area (Å²) in [5.41, 5.74) is 3.71. The molecule has 0 radical (unpaired) electrons. The highest BCUT2D eigenvalue weighted by Crippen LogP contribution is 2.52. The summed E-state index contributed by atoms with van der Waals surface area (Å²) in [6, 6.07) is 19.6. The molecule has 5 nitrogen and oxygen atoms in total. The minimum absolute atomic E-state index is 0.0128. The van der Waals surface area contributed by atoms with Gasteiger partial charge in [-0.2, -0.15) is 0 Å². The number of cyclic esters (lactones) is 1. The third-order valence-electron chi connectivity index (χ3n) is 8.45. The van der Waals surface area contributed by atoms with Crippen LogP contribution in [0.1, 0.15) is 75.7 Å². The molecule has 0 bridgehead atoms. The SMILES string of the molecule is CC[C@@]1(O)CC[C@@]2(Cc3ccccc3)c3ccc(C(=O)Cc4cccnc4C)cc3C(=O)OC[C@H]2C1. The second-order valence-electron chi connectivity index (χ2n) is 10.5. The number of aliphatic hydroxyl groups is 1. The lowest BCUT2D eigenvalue weighted by Gasteiger charge is -2.49. The van der Waals surface area contributed by atoms with E-state index < -0.39 is 5.60 Å². The second kappa shape index (κ2) is 9.62. The van der Waals surface area contributed by atoms with Crippen molar-refractivity contribution in [3.8, 4) is 0 Å². The number of carbonyl (C=O) groups is 2. The van der Waals surface area contributed by atoms with Gasteiger partial charge in [-0.3, -0.25) is 9.78 Å². The van der Waals surface area contributed by atoms with Gasteiger partial charge in [0.15, 0.2) is 5.78 Å². The van der Waals surface area contributed by atoms with Crippen LogP contribution in [0.3, 0.4) is 0 Å². The highest BCUT2D eigenvalue weighted by atomic mass is 16.5. The molecule has 3 aromatic rings. The van der Waals surface area contributed by atoms with Gasteiger partial charge < -0.3 is 9.84 Å². The molecule has 2 heterocycles. The number of Topliss-reactive ketones (excluding diaryl/α,β-unsaturated/α-hetero) is 1. The summed E-state index contributed by atoms with van der Waals surface area (Å²) < 4.78 is 5.80. The van der Waals surface area contributed by atoms with E-state index in [1.807, 2.05) is 56.3 Å². The summed E-state index contributed by atoms with van der Waals surface area (Å²) in [5, 5.41) is 11.2. The number of nitrogens with zero attached hydrogens (tertiary/aromatic N) is 1. The van der Waals surface area contributed by atoms with Crippen molar-refractivity contribution in [1.82, 2.24) is 4.98 Å². The van der Waals surface area contributed by atoms with Gasteiger partial charge in [0, 0.05) is 35.2 Å². The average Bonchev–Trinajstić information content (AvgIpc) is 3.00. The van der Waals surface area contributed by atoms with E-state index in [-0.39, 0.29) is 36.1 Å². The first-order chi connectivity index (χ1) is 17.3. The summed E-state index contributed by atoms with van der Waals surface area (Å²) in [6.45, 7) is 4.18. The Bertz CT molecular complexity index is 1290. The number of benzene rings is 2. The third kappa shape index (κ3) is 4.48. The van der Waals surface area contributed by atoms with Gasteiger partial charge in [0.25, 0.3) is 0 Å².